The van der Waals surface area contributed by atoms with Gasteiger partial charge in [-0.1, -0.05) is 47.6 Å². The van der Waals surface area contributed by atoms with Crippen molar-refractivity contribution in [2.24, 2.45) is 0 Å². The summed E-state index contributed by atoms with van der Waals surface area (Å²) in [5, 5.41) is 4.58. The maximum atomic E-state index is 12.5. The zero-order valence-electron chi connectivity index (χ0n) is 18.9. The SMILES string of the molecule is O=C(NCCc1ccco1)c1ccc(Cn2c(SCc3ccc(Cl)cc3)nc3ccncc32)cc1. The normalized spacial score (nSPS) is 11.1. The van der Waals surface area contributed by atoms with Crippen LogP contribution in [0.4, 0.5) is 0 Å². The standard InChI is InChI=1S/C27H23ClN4O2S/c28-22-9-5-20(6-10-22)18-35-27-31-24-12-13-29-16-25(24)32(27)17-19-3-7-21(8-4-19)26(33)30-14-11-23-2-1-15-34-23/h1-10,12-13,15-16H,11,14,17-18H2,(H,30,33). The van der Waals surface area contributed by atoms with E-state index in [1.54, 1.807) is 24.2 Å². The second-order valence-corrected chi connectivity index (χ2v) is 9.42. The molecule has 1 amide bonds. The molecular formula is C27H23ClN4O2S. The third-order valence-electron chi connectivity index (χ3n) is 5.59. The van der Waals surface area contributed by atoms with E-state index in [4.69, 9.17) is 21.0 Å². The summed E-state index contributed by atoms with van der Waals surface area (Å²) in [5.41, 5.74) is 4.77. The second kappa shape index (κ2) is 10.8. The van der Waals surface area contributed by atoms with Crippen LogP contribution in [0.2, 0.25) is 5.02 Å². The highest BCUT2D eigenvalue weighted by Gasteiger charge is 2.13. The van der Waals surface area contributed by atoms with Crippen molar-refractivity contribution in [1.29, 1.82) is 0 Å². The smallest absolute Gasteiger partial charge is 0.251 e. The fourth-order valence-electron chi connectivity index (χ4n) is 3.74. The molecule has 0 aliphatic heterocycles. The Morgan fingerprint density at radius 2 is 1.83 bits per heavy atom. The third kappa shape index (κ3) is 5.75. The molecule has 8 heteroatoms. The van der Waals surface area contributed by atoms with Crippen LogP contribution in [-0.2, 0) is 18.7 Å². The topological polar surface area (TPSA) is 73.0 Å². The molecular weight excluding hydrogens is 480 g/mol. The summed E-state index contributed by atoms with van der Waals surface area (Å²) in [6.45, 7) is 1.15. The van der Waals surface area contributed by atoms with Crippen LogP contribution in [0.3, 0.4) is 0 Å². The molecule has 0 atom stereocenters. The minimum Gasteiger partial charge on any atom is -0.469 e. The zero-order valence-corrected chi connectivity index (χ0v) is 20.4. The highest BCUT2D eigenvalue weighted by molar-refractivity contribution is 7.98. The Balaban J connectivity index is 1.28. The number of thioether (sulfide) groups is 1. The van der Waals surface area contributed by atoms with E-state index < -0.39 is 0 Å². The van der Waals surface area contributed by atoms with E-state index >= 15 is 0 Å². The Bertz CT molecular complexity index is 1410. The number of nitrogens with zero attached hydrogens (tertiary/aromatic N) is 3. The molecule has 5 rings (SSSR count). The molecule has 6 nitrogen and oxygen atoms in total. The van der Waals surface area contributed by atoms with Gasteiger partial charge in [-0.25, -0.2) is 4.98 Å². The van der Waals surface area contributed by atoms with Crippen molar-refractivity contribution in [3.05, 3.63) is 113 Å². The predicted octanol–water partition coefficient (Wildman–Crippen LogP) is 5.99. The number of imidazole rings is 1. The molecule has 0 unspecified atom stereocenters. The zero-order chi connectivity index (χ0) is 24.0. The average Bonchev–Trinajstić information content (AvgIpc) is 3.52. The summed E-state index contributed by atoms with van der Waals surface area (Å²) < 4.78 is 7.47. The number of rotatable bonds is 9. The van der Waals surface area contributed by atoms with E-state index in [1.807, 2.05) is 72.9 Å². The van der Waals surface area contributed by atoms with Crippen LogP contribution in [0.25, 0.3) is 11.0 Å². The molecule has 176 valence electrons. The molecule has 35 heavy (non-hydrogen) atoms. The molecule has 0 aliphatic carbocycles. The Morgan fingerprint density at radius 3 is 2.60 bits per heavy atom. The fourth-order valence-corrected chi connectivity index (χ4v) is 4.84. The molecule has 0 saturated heterocycles. The van der Waals surface area contributed by atoms with Crippen LogP contribution in [0.1, 0.15) is 27.2 Å². The van der Waals surface area contributed by atoms with Gasteiger partial charge in [-0.2, -0.15) is 0 Å². The van der Waals surface area contributed by atoms with Crippen LogP contribution in [0, 0.1) is 0 Å². The first-order chi connectivity index (χ1) is 17.2. The molecule has 3 aromatic heterocycles. The minimum atomic E-state index is -0.0976. The average molecular weight is 503 g/mol. The van der Waals surface area contributed by atoms with Crippen LogP contribution >= 0.6 is 23.4 Å². The molecule has 0 bridgehead atoms. The molecule has 0 radical (unpaired) electrons. The van der Waals surface area contributed by atoms with Crippen molar-refractivity contribution < 1.29 is 9.21 Å². The second-order valence-electron chi connectivity index (χ2n) is 8.04. The number of nitrogens with one attached hydrogen (secondary N) is 1. The van der Waals surface area contributed by atoms with E-state index in [-0.39, 0.29) is 5.91 Å². The quantitative estimate of drug-likeness (QED) is 0.251. The number of benzene rings is 2. The lowest BCUT2D eigenvalue weighted by molar-refractivity contribution is 0.0953. The Labute approximate surface area is 212 Å². The van der Waals surface area contributed by atoms with Gasteiger partial charge in [-0.05, 0) is 53.6 Å². The number of hydrogen-bond acceptors (Lipinski definition) is 5. The summed E-state index contributed by atoms with van der Waals surface area (Å²) in [7, 11) is 0. The van der Waals surface area contributed by atoms with Gasteiger partial charge in [0.05, 0.1) is 30.0 Å². The summed E-state index contributed by atoms with van der Waals surface area (Å²) in [6, 6.07) is 21.2. The van der Waals surface area contributed by atoms with Crippen molar-refractivity contribution in [3.63, 3.8) is 0 Å². The molecule has 3 heterocycles. The van der Waals surface area contributed by atoms with Gasteiger partial charge in [0, 0.05) is 35.5 Å². The molecule has 0 saturated carbocycles. The summed E-state index contributed by atoms with van der Waals surface area (Å²) in [5.74, 6) is 1.54. The van der Waals surface area contributed by atoms with Gasteiger partial charge in [0.1, 0.15) is 5.76 Å². The minimum absolute atomic E-state index is 0.0976. The van der Waals surface area contributed by atoms with Gasteiger partial charge in [0.15, 0.2) is 5.16 Å². The summed E-state index contributed by atoms with van der Waals surface area (Å²) in [4.78, 5) is 21.6. The number of carbonyl (C=O) groups is 1. The first-order valence-electron chi connectivity index (χ1n) is 11.2. The number of furan rings is 1. The third-order valence-corrected chi connectivity index (χ3v) is 6.89. The van der Waals surface area contributed by atoms with Gasteiger partial charge in [-0.15, -0.1) is 0 Å². The monoisotopic (exact) mass is 502 g/mol. The van der Waals surface area contributed by atoms with Crippen LogP contribution in [0.15, 0.2) is 95.0 Å². The number of carbonyl (C=O) groups excluding carboxylic acids is 1. The van der Waals surface area contributed by atoms with E-state index in [0.717, 1.165) is 38.3 Å². The number of amides is 1. The molecule has 0 aliphatic rings. The van der Waals surface area contributed by atoms with Crippen molar-refractivity contribution >= 4 is 40.3 Å². The maximum absolute atomic E-state index is 12.5. The molecule has 1 N–H and O–H groups in total. The Hall–Kier alpha value is -3.55. The van der Waals surface area contributed by atoms with E-state index in [2.05, 4.69) is 14.9 Å². The lowest BCUT2D eigenvalue weighted by Crippen LogP contribution is -2.25. The van der Waals surface area contributed by atoms with Gasteiger partial charge >= 0.3 is 0 Å². The first-order valence-corrected chi connectivity index (χ1v) is 12.6. The van der Waals surface area contributed by atoms with E-state index in [1.165, 1.54) is 5.56 Å². The predicted molar refractivity (Wildman–Crippen MR) is 139 cm³/mol. The van der Waals surface area contributed by atoms with E-state index in [0.29, 0.717) is 25.1 Å². The Morgan fingerprint density at radius 1 is 1.03 bits per heavy atom. The van der Waals surface area contributed by atoms with Crippen molar-refractivity contribution in [2.75, 3.05) is 6.54 Å². The molecule has 0 spiro atoms. The molecule has 5 aromatic rings. The fraction of sp³-hybridized carbons (Fsp3) is 0.148. The lowest BCUT2D eigenvalue weighted by Gasteiger charge is -2.10. The number of hydrogen-bond donors (Lipinski definition) is 1. The van der Waals surface area contributed by atoms with Crippen molar-refractivity contribution in [1.82, 2.24) is 19.9 Å². The van der Waals surface area contributed by atoms with E-state index in [9.17, 15) is 4.79 Å². The molecule has 2 aromatic carbocycles. The Kier molecular flexibility index (Phi) is 7.16. The van der Waals surface area contributed by atoms with Crippen LogP contribution < -0.4 is 5.32 Å². The number of halogens is 1. The van der Waals surface area contributed by atoms with Crippen molar-refractivity contribution in [3.8, 4) is 0 Å². The summed E-state index contributed by atoms with van der Waals surface area (Å²) in [6.07, 6.45) is 5.90. The number of fused-ring (bicyclic) bond motifs is 1. The first kappa shape index (κ1) is 23.2. The van der Waals surface area contributed by atoms with Crippen LogP contribution in [0.5, 0.6) is 0 Å². The highest BCUT2D eigenvalue weighted by atomic mass is 35.5. The van der Waals surface area contributed by atoms with Gasteiger partial charge in [-0.3, -0.25) is 9.78 Å². The lowest BCUT2D eigenvalue weighted by atomic mass is 10.1. The van der Waals surface area contributed by atoms with Crippen molar-refractivity contribution in [2.45, 2.75) is 23.9 Å². The van der Waals surface area contributed by atoms with Crippen LogP contribution in [-0.4, -0.2) is 27.0 Å². The van der Waals surface area contributed by atoms with Gasteiger partial charge in [0.2, 0.25) is 0 Å². The van der Waals surface area contributed by atoms with Gasteiger partial charge in [0.25, 0.3) is 5.91 Å². The molecule has 0 fully saturated rings. The number of pyridine rings is 1. The maximum Gasteiger partial charge on any atom is 0.251 e. The highest BCUT2D eigenvalue weighted by Crippen LogP contribution is 2.28. The summed E-state index contributed by atoms with van der Waals surface area (Å²) >= 11 is 7.69. The number of aromatic nitrogens is 3. The van der Waals surface area contributed by atoms with Gasteiger partial charge < -0.3 is 14.3 Å². The largest absolute Gasteiger partial charge is 0.469 e.